The zero-order chi connectivity index (χ0) is 16.4. The van der Waals surface area contributed by atoms with Crippen LogP contribution in [0.25, 0.3) is 0 Å². The van der Waals surface area contributed by atoms with Crippen molar-refractivity contribution in [2.75, 3.05) is 22.6 Å². The molecule has 4 heterocycles. The zero-order valence-electron chi connectivity index (χ0n) is 11.7. The number of rotatable bonds is 1. The lowest BCUT2D eigenvalue weighted by atomic mass is 10.1. The van der Waals surface area contributed by atoms with Crippen molar-refractivity contribution >= 4 is 32.7 Å². The molecule has 0 bridgehead atoms. The van der Waals surface area contributed by atoms with E-state index in [9.17, 15) is 15.1 Å². The largest absolute Gasteiger partial charge is 0.488 e. The van der Waals surface area contributed by atoms with Crippen molar-refractivity contribution in [2.45, 2.75) is 30.9 Å². The fraction of sp³-hybridized carbons (Fsp3) is 0.600. The summed E-state index contributed by atoms with van der Waals surface area (Å²) in [6.07, 6.45) is -3.71. The number of fused-ring (bicyclic) bond motifs is 2. The number of anilines is 3. The molecule has 4 rings (SSSR count). The molecule has 2 fully saturated rings. The molecule has 0 aliphatic carbocycles. The third-order valence-corrected chi connectivity index (χ3v) is 4.98. The van der Waals surface area contributed by atoms with E-state index in [0.29, 0.717) is 5.69 Å². The second kappa shape index (κ2) is 5.11. The van der Waals surface area contributed by atoms with Gasteiger partial charge in [-0.1, -0.05) is 0 Å². The van der Waals surface area contributed by atoms with Gasteiger partial charge < -0.3 is 26.0 Å². The molecule has 11 nitrogen and oxygen atoms in total. The highest BCUT2D eigenvalue weighted by atomic mass is 31.2. The third kappa shape index (κ3) is 2.34. The summed E-state index contributed by atoms with van der Waals surface area (Å²) < 4.78 is 15.9. The molecule has 2 saturated heterocycles. The standard InChI is InChI=1S/C10H14BN5O6P/c11-23(19)20-1-3-6(22-23)5(17)9(21-3)16-8-4(15-10(16)18)7(12)13-2-14-8/h2-3,5-6,9-10,15,17-19H,1H2,(H2,12,13,14)/q+1/t3?,5?,6-,9?,10?,23?/m1/s1. The van der Waals surface area contributed by atoms with Gasteiger partial charge in [0.25, 0.3) is 0 Å². The average molecular weight is 342 g/mol. The maximum Gasteiger partial charge on any atom is 0.488 e. The Morgan fingerprint density at radius 1 is 1.43 bits per heavy atom. The summed E-state index contributed by atoms with van der Waals surface area (Å²) in [5.74, 6) is 0.440. The van der Waals surface area contributed by atoms with Gasteiger partial charge in [-0.25, -0.2) is 14.9 Å². The number of aliphatic hydroxyl groups is 2. The number of hydrogen-bond acceptors (Lipinski definition) is 11. The van der Waals surface area contributed by atoms with Crippen molar-refractivity contribution in [1.82, 2.24) is 9.97 Å². The first kappa shape index (κ1) is 15.3. The lowest BCUT2D eigenvalue weighted by Gasteiger charge is -2.29. The van der Waals surface area contributed by atoms with Crippen LogP contribution in [0.3, 0.4) is 0 Å². The molecule has 122 valence electrons. The second-order valence-corrected chi connectivity index (χ2v) is 6.97. The second-order valence-electron chi connectivity index (χ2n) is 5.37. The average Bonchev–Trinajstić information content (AvgIpc) is 2.97. The number of ether oxygens (including phenoxy) is 1. The lowest BCUT2D eigenvalue weighted by Crippen LogP contribution is -2.50. The maximum atomic E-state index is 10.5. The van der Waals surface area contributed by atoms with Gasteiger partial charge in [0.15, 0.2) is 24.0 Å². The number of aliphatic hydroxyl groups excluding tert-OH is 2. The molecule has 0 aromatic carbocycles. The Hall–Kier alpha value is -1.27. The molecule has 5 unspecified atom stereocenters. The van der Waals surface area contributed by atoms with Crippen molar-refractivity contribution in [3.8, 4) is 0 Å². The van der Waals surface area contributed by atoms with Crippen LogP contribution in [0.15, 0.2) is 6.33 Å². The highest BCUT2D eigenvalue weighted by Gasteiger charge is 2.59. The number of nitrogens with zero attached hydrogens (tertiary/aromatic N) is 3. The van der Waals surface area contributed by atoms with E-state index in [1.165, 1.54) is 11.2 Å². The van der Waals surface area contributed by atoms with Crippen LogP contribution in [0.2, 0.25) is 0 Å². The molecule has 0 amide bonds. The van der Waals surface area contributed by atoms with Gasteiger partial charge in [0.2, 0.25) is 6.35 Å². The molecule has 13 heteroatoms. The number of nitrogen functional groups attached to an aromatic ring is 1. The van der Waals surface area contributed by atoms with E-state index in [4.69, 9.17) is 27.1 Å². The van der Waals surface area contributed by atoms with Crippen LogP contribution in [0.4, 0.5) is 17.3 Å². The number of hydrogen-bond donors (Lipinski definition) is 5. The molecule has 0 spiro atoms. The minimum absolute atomic E-state index is 0.0326. The van der Waals surface area contributed by atoms with E-state index in [1.54, 1.807) is 0 Å². The van der Waals surface area contributed by atoms with Gasteiger partial charge in [-0.15, -0.1) is 0 Å². The molecule has 23 heavy (non-hydrogen) atoms. The predicted octanol–water partition coefficient (Wildman–Crippen LogP) is -2.09. The Bertz CT molecular complexity index is 640. The first-order valence-electron chi connectivity index (χ1n) is 6.77. The van der Waals surface area contributed by atoms with E-state index < -0.39 is 38.7 Å². The monoisotopic (exact) mass is 342 g/mol. The van der Waals surface area contributed by atoms with E-state index in [-0.39, 0.29) is 18.2 Å². The Morgan fingerprint density at radius 3 is 3.00 bits per heavy atom. The first-order valence-corrected chi connectivity index (χ1v) is 8.42. The van der Waals surface area contributed by atoms with Crippen LogP contribution < -0.4 is 16.0 Å². The molecule has 0 saturated carbocycles. The van der Waals surface area contributed by atoms with Crippen LogP contribution >= 0.6 is 7.82 Å². The van der Waals surface area contributed by atoms with Crippen molar-refractivity contribution < 1.29 is 28.9 Å². The minimum Gasteiger partial charge on any atom is -0.385 e. The summed E-state index contributed by atoms with van der Waals surface area (Å²) in [4.78, 5) is 18.9. The van der Waals surface area contributed by atoms with Crippen molar-refractivity contribution in [3.63, 3.8) is 0 Å². The van der Waals surface area contributed by atoms with Crippen LogP contribution in [0, 0.1) is 0 Å². The Morgan fingerprint density at radius 2 is 2.22 bits per heavy atom. The smallest absolute Gasteiger partial charge is 0.385 e. The fourth-order valence-electron chi connectivity index (χ4n) is 2.90. The maximum absolute atomic E-state index is 10.5. The van der Waals surface area contributed by atoms with E-state index in [1.807, 2.05) is 0 Å². The molecule has 6 N–H and O–H groups in total. The highest BCUT2D eigenvalue weighted by Crippen LogP contribution is 2.58. The van der Waals surface area contributed by atoms with E-state index in [2.05, 4.69) is 15.3 Å². The molecule has 6 atom stereocenters. The Kier molecular flexibility index (Phi) is 3.40. The zero-order valence-corrected chi connectivity index (χ0v) is 12.6. The van der Waals surface area contributed by atoms with Gasteiger partial charge in [-0.2, -0.15) is 9.05 Å². The van der Waals surface area contributed by atoms with Gasteiger partial charge >= 0.3 is 15.4 Å². The van der Waals surface area contributed by atoms with Crippen molar-refractivity contribution in [3.05, 3.63) is 6.33 Å². The van der Waals surface area contributed by atoms with Crippen molar-refractivity contribution in [1.29, 1.82) is 0 Å². The molecular weight excluding hydrogens is 328 g/mol. The van der Waals surface area contributed by atoms with Gasteiger partial charge in [0, 0.05) is 0 Å². The normalized spacial score (nSPS) is 42.2. The molecule has 3 aliphatic heterocycles. The van der Waals surface area contributed by atoms with Crippen molar-refractivity contribution in [2.24, 2.45) is 0 Å². The van der Waals surface area contributed by atoms with Crippen LogP contribution in [0.1, 0.15) is 0 Å². The van der Waals surface area contributed by atoms with Gasteiger partial charge in [0.1, 0.15) is 30.8 Å². The van der Waals surface area contributed by atoms with Crippen LogP contribution in [-0.4, -0.2) is 70.1 Å². The van der Waals surface area contributed by atoms with E-state index in [0.717, 1.165) is 0 Å². The number of nitrogens with two attached hydrogens (primary N) is 1. The minimum atomic E-state index is -3.47. The Labute approximate surface area is 132 Å². The van der Waals surface area contributed by atoms with Crippen LogP contribution in [-0.2, 0) is 13.8 Å². The molecule has 1 aromatic heterocycles. The van der Waals surface area contributed by atoms with Gasteiger partial charge in [-0.3, -0.25) is 4.90 Å². The quantitative estimate of drug-likeness (QED) is 0.282. The summed E-state index contributed by atoms with van der Waals surface area (Å²) in [6, 6.07) is 0. The summed E-state index contributed by atoms with van der Waals surface area (Å²) >= 11 is 0. The summed E-state index contributed by atoms with van der Waals surface area (Å²) in [5, 5.41) is 23.4. The molecular formula is C10H14BN5O6P+. The van der Waals surface area contributed by atoms with E-state index >= 15 is 0 Å². The molecule has 1 aromatic rings. The summed E-state index contributed by atoms with van der Waals surface area (Å²) in [5.41, 5.74) is 6.08. The lowest BCUT2D eigenvalue weighted by molar-refractivity contribution is -0.0485. The highest BCUT2D eigenvalue weighted by molar-refractivity contribution is 7.85. The van der Waals surface area contributed by atoms with Gasteiger partial charge in [-0.05, 0) is 0 Å². The topological polar surface area (TPSA) is 155 Å². The number of nitrogens with one attached hydrogen (secondary N) is 1. The molecule has 3 aliphatic rings. The van der Waals surface area contributed by atoms with Gasteiger partial charge in [0.05, 0.1) is 0 Å². The third-order valence-electron chi connectivity index (χ3n) is 3.92. The fourth-order valence-corrected chi connectivity index (χ4v) is 3.93. The van der Waals surface area contributed by atoms with Crippen LogP contribution in [0.5, 0.6) is 0 Å². The number of aromatic nitrogens is 2. The Balaban J connectivity index is 1.64. The summed E-state index contributed by atoms with van der Waals surface area (Å²) in [7, 11) is 1.99. The first-order chi connectivity index (χ1) is 10.9. The SMILES string of the molecule is [B][P+]1(O)OCC2OC(N3c4ncnc(N)c4NC3O)C(O)[C@@H]2O1. The summed E-state index contributed by atoms with van der Waals surface area (Å²) in [6.45, 7) is -0.0326. The predicted molar refractivity (Wildman–Crippen MR) is 78.9 cm³/mol. The molecule has 2 radical (unpaired) electrons.